The quantitative estimate of drug-likeness (QED) is 0.747. The Morgan fingerprint density at radius 1 is 1.22 bits per heavy atom. The molecule has 1 atom stereocenters. The van der Waals surface area contributed by atoms with Gasteiger partial charge in [-0.3, -0.25) is 9.69 Å². The zero-order valence-corrected chi connectivity index (χ0v) is 15.5. The topological polar surface area (TPSA) is 41.6 Å². The first kappa shape index (κ1) is 19.6. The van der Waals surface area contributed by atoms with E-state index in [-0.39, 0.29) is 29.9 Å². The smallest absolute Gasteiger partial charge is 0.387 e. The monoisotopic (exact) mass is 394 g/mol. The van der Waals surface area contributed by atoms with Crippen LogP contribution in [0.3, 0.4) is 0 Å². The number of hydrogen-bond acceptors (Lipinski definition) is 3. The summed E-state index contributed by atoms with van der Waals surface area (Å²) in [5, 5.41) is 3.40. The molecule has 3 rings (SSSR count). The van der Waals surface area contributed by atoms with Gasteiger partial charge in [-0.05, 0) is 49.6 Å². The Balaban J connectivity index is 1.61. The number of carbonyl (C=O) groups is 1. The average molecular weight is 395 g/mol. The molecule has 2 aromatic carbocycles. The highest BCUT2D eigenvalue weighted by Gasteiger charge is 2.27. The van der Waals surface area contributed by atoms with Gasteiger partial charge < -0.3 is 10.1 Å². The number of amides is 1. The Hall–Kier alpha value is -2.18. The van der Waals surface area contributed by atoms with E-state index in [9.17, 15) is 13.6 Å². The summed E-state index contributed by atoms with van der Waals surface area (Å²) < 4.78 is 29.5. The van der Waals surface area contributed by atoms with Crippen LogP contribution in [0.5, 0.6) is 5.75 Å². The zero-order valence-electron chi connectivity index (χ0n) is 14.7. The normalized spacial score (nSPS) is 17.3. The van der Waals surface area contributed by atoms with Crippen molar-refractivity contribution in [3.63, 3.8) is 0 Å². The minimum atomic E-state index is -2.94. The number of nitrogens with one attached hydrogen (secondary N) is 1. The molecule has 4 nitrogen and oxygen atoms in total. The number of carbonyl (C=O) groups excluding carboxylic acids is 1. The lowest BCUT2D eigenvalue weighted by Crippen LogP contribution is -2.38. The summed E-state index contributed by atoms with van der Waals surface area (Å²) in [6.07, 6.45) is 2.77. The lowest BCUT2D eigenvalue weighted by molar-refractivity contribution is -0.117. The van der Waals surface area contributed by atoms with Crippen molar-refractivity contribution in [2.45, 2.75) is 31.9 Å². The predicted octanol–water partition coefficient (Wildman–Crippen LogP) is 4.59. The minimum Gasteiger partial charge on any atom is -0.433 e. The third-order valence-electron chi connectivity index (χ3n) is 4.64. The Labute approximate surface area is 162 Å². The van der Waals surface area contributed by atoms with Gasteiger partial charge in [-0.15, -0.1) is 0 Å². The van der Waals surface area contributed by atoms with Gasteiger partial charge >= 0.3 is 6.61 Å². The van der Waals surface area contributed by atoms with Gasteiger partial charge in [-0.25, -0.2) is 0 Å². The molecule has 1 aliphatic rings. The summed E-state index contributed by atoms with van der Waals surface area (Å²) in [6, 6.07) is 14.1. The van der Waals surface area contributed by atoms with E-state index < -0.39 is 6.61 Å². The number of likely N-dealkylation sites (tertiary alicyclic amines) is 1. The van der Waals surface area contributed by atoms with Crippen LogP contribution < -0.4 is 10.1 Å². The lowest BCUT2D eigenvalue weighted by atomic mass is 10.0. The molecule has 0 saturated carbocycles. The molecular formula is C20H21ClF2N2O2. The van der Waals surface area contributed by atoms with Crippen molar-refractivity contribution < 1.29 is 18.3 Å². The highest BCUT2D eigenvalue weighted by Crippen LogP contribution is 2.27. The van der Waals surface area contributed by atoms with Gasteiger partial charge in [0.05, 0.1) is 12.2 Å². The summed E-state index contributed by atoms with van der Waals surface area (Å²) in [7, 11) is 0. The van der Waals surface area contributed by atoms with Crippen molar-refractivity contribution in [3.8, 4) is 5.75 Å². The van der Waals surface area contributed by atoms with E-state index in [1.807, 2.05) is 24.3 Å². The van der Waals surface area contributed by atoms with Gasteiger partial charge in [0, 0.05) is 11.1 Å². The van der Waals surface area contributed by atoms with Crippen molar-refractivity contribution in [1.82, 2.24) is 4.90 Å². The van der Waals surface area contributed by atoms with E-state index in [0.717, 1.165) is 36.4 Å². The van der Waals surface area contributed by atoms with Crippen LogP contribution in [-0.2, 0) is 11.2 Å². The van der Waals surface area contributed by atoms with Crippen LogP contribution in [0.15, 0.2) is 48.5 Å². The first-order valence-corrected chi connectivity index (χ1v) is 9.22. The second-order valence-electron chi connectivity index (χ2n) is 6.48. The highest BCUT2D eigenvalue weighted by atomic mass is 35.5. The molecule has 2 aromatic rings. The van der Waals surface area contributed by atoms with E-state index in [1.54, 1.807) is 18.2 Å². The largest absolute Gasteiger partial charge is 0.433 e. The number of hydrogen-bond donors (Lipinski definition) is 1. The second kappa shape index (κ2) is 9.15. The van der Waals surface area contributed by atoms with Crippen molar-refractivity contribution in [2.75, 3.05) is 18.4 Å². The van der Waals surface area contributed by atoms with Crippen molar-refractivity contribution in [2.24, 2.45) is 0 Å². The first-order valence-electron chi connectivity index (χ1n) is 8.84. The molecule has 27 heavy (non-hydrogen) atoms. The lowest BCUT2D eigenvalue weighted by Gasteiger charge is -2.24. The summed E-state index contributed by atoms with van der Waals surface area (Å²) in [6.45, 7) is -1.93. The van der Waals surface area contributed by atoms with Crippen LogP contribution in [0.2, 0.25) is 5.02 Å². The van der Waals surface area contributed by atoms with E-state index >= 15 is 0 Å². The summed E-state index contributed by atoms with van der Waals surface area (Å²) in [5.74, 6) is -0.304. The van der Waals surface area contributed by atoms with Crippen molar-refractivity contribution in [1.29, 1.82) is 0 Å². The van der Waals surface area contributed by atoms with Crippen molar-refractivity contribution in [3.05, 3.63) is 59.1 Å². The van der Waals surface area contributed by atoms with E-state index in [0.29, 0.717) is 0 Å². The number of para-hydroxylation sites is 2. The molecule has 1 heterocycles. The highest BCUT2D eigenvalue weighted by molar-refractivity contribution is 6.31. The fourth-order valence-electron chi connectivity index (χ4n) is 3.40. The number of rotatable bonds is 7. The number of nitrogens with zero attached hydrogens (tertiary/aromatic N) is 1. The maximum Gasteiger partial charge on any atom is 0.387 e. The zero-order chi connectivity index (χ0) is 19.2. The van der Waals surface area contributed by atoms with Crippen LogP contribution >= 0.6 is 11.6 Å². The molecule has 0 spiro atoms. The van der Waals surface area contributed by atoms with Gasteiger partial charge in [0.15, 0.2) is 0 Å². The Kier molecular flexibility index (Phi) is 6.63. The van der Waals surface area contributed by atoms with Gasteiger partial charge in [0.25, 0.3) is 0 Å². The molecule has 0 bridgehead atoms. The van der Waals surface area contributed by atoms with Gasteiger partial charge in [0.1, 0.15) is 5.75 Å². The molecule has 0 radical (unpaired) electrons. The van der Waals surface area contributed by atoms with Crippen LogP contribution in [0.4, 0.5) is 14.5 Å². The molecule has 1 saturated heterocycles. The fraction of sp³-hybridized carbons (Fsp3) is 0.350. The van der Waals surface area contributed by atoms with Crippen LogP contribution in [0.1, 0.15) is 18.4 Å². The van der Waals surface area contributed by atoms with Gasteiger partial charge in [-0.1, -0.05) is 41.9 Å². The third kappa shape index (κ3) is 5.40. The molecule has 0 aliphatic carbocycles. The number of anilines is 1. The van der Waals surface area contributed by atoms with Crippen LogP contribution in [0, 0.1) is 0 Å². The molecule has 1 unspecified atom stereocenters. The summed E-state index contributed by atoms with van der Waals surface area (Å²) in [5.41, 5.74) is 1.30. The molecule has 144 valence electrons. The molecule has 0 aromatic heterocycles. The number of alkyl halides is 2. The second-order valence-corrected chi connectivity index (χ2v) is 6.89. The fourth-order valence-corrected chi connectivity index (χ4v) is 3.61. The molecule has 1 amide bonds. The van der Waals surface area contributed by atoms with Gasteiger partial charge in [0.2, 0.25) is 5.91 Å². The maximum absolute atomic E-state index is 12.5. The first-order chi connectivity index (χ1) is 13.0. The minimum absolute atomic E-state index is 0.0464. The van der Waals surface area contributed by atoms with Crippen molar-refractivity contribution >= 4 is 23.2 Å². The SMILES string of the molecule is O=C(CN1CCCC1Cc1ccccc1Cl)Nc1ccccc1OC(F)F. The number of ether oxygens (including phenoxy) is 1. The standard InChI is InChI=1S/C20H21ClF2N2O2/c21-16-8-2-1-6-14(16)12-15-7-5-11-25(15)13-19(26)24-17-9-3-4-10-18(17)27-20(22)23/h1-4,6,8-10,15,20H,5,7,11-13H2,(H,24,26). The summed E-state index contributed by atoms with van der Waals surface area (Å²) >= 11 is 6.25. The molecular weight excluding hydrogens is 374 g/mol. The van der Waals surface area contributed by atoms with E-state index in [4.69, 9.17) is 11.6 Å². The summed E-state index contributed by atoms with van der Waals surface area (Å²) in [4.78, 5) is 14.6. The van der Waals surface area contributed by atoms with E-state index in [1.165, 1.54) is 6.07 Å². The molecule has 1 fully saturated rings. The Bertz CT molecular complexity index is 788. The average Bonchev–Trinajstić information content (AvgIpc) is 3.05. The van der Waals surface area contributed by atoms with Crippen LogP contribution in [0.25, 0.3) is 0 Å². The molecule has 1 N–H and O–H groups in total. The van der Waals surface area contributed by atoms with E-state index in [2.05, 4.69) is 15.0 Å². The maximum atomic E-state index is 12.5. The molecule has 7 heteroatoms. The Morgan fingerprint density at radius 3 is 2.74 bits per heavy atom. The van der Waals surface area contributed by atoms with Gasteiger partial charge in [-0.2, -0.15) is 8.78 Å². The number of halogens is 3. The Morgan fingerprint density at radius 2 is 1.96 bits per heavy atom. The molecule has 1 aliphatic heterocycles. The number of benzene rings is 2. The third-order valence-corrected chi connectivity index (χ3v) is 5.01. The van der Waals surface area contributed by atoms with Crippen LogP contribution in [-0.4, -0.2) is 36.5 Å². The predicted molar refractivity (Wildman–Crippen MR) is 101 cm³/mol.